The second-order valence-electron chi connectivity index (χ2n) is 4.95. The Hall–Kier alpha value is -1.40. The first-order valence-corrected chi connectivity index (χ1v) is 7.33. The second-order valence-corrected chi connectivity index (χ2v) is 4.95. The van der Waals surface area contributed by atoms with Crippen LogP contribution < -0.4 is 0 Å². The first-order chi connectivity index (χ1) is 10.0. The van der Waals surface area contributed by atoms with Gasteiger partial charge in [-0.05, 0) is 25.7 Å². The van der Waals surface area contributed by atoms with Crippen LogP contribution in [-0.4, -0.2) is 46.6 Å². The highest BCUT2D eigenvalue weighted by Gasteiger charge is 2.22. The van der Waals surface area contributed by atoms with Crippen molar-refractivity contribution in [3.63, 3.8) is 0 Å². The maximum atomic E-state index is 11.5. The molecule has 0 rings (SSSR count). The molecule has 0 saturated carbocycles. The van der Waals surface area contributed by atoms with Crippen molar-refractivity contribution in [2.75, 3.05) is 13.2 Å². The summed E-state index contributed by atoms with van der Waals surface area (Å²) in [5, 5.41) is 26.7. The number of carboxylic acid groups (broad SMARTS) is 1. The fourth-order valence-electron chi connectivity index (χ4n) is 1.70. The lowest BCUT2D eigenvalue weighted by atomic mass is 9.98. The zero-order valence-electron chi connectivity index (χ0n) is 12.5. The number of esters is 1. The molecule has 0 bridgehead atoms. The maximum absolute atomic E-state index is 11.5. The predicted octanol–water partition coefficient (Wildman–Crippen LogP) is 1.50. The predicted molar refractivity (Wildman–Crippen MR) is 77.7 cm³/mol. The Bertz CT molecular complexity index is 326. The Labute approximate surface area is 125 Å². The summed E-state index contributed by atoms with van der Waals surface area (Å²) in [5.74, 6) is -2.47. The van der Waals surface area contributed by atoms with Gasteiger partial charge >= 0.3 is 11.9 Å². The van der Waals surface area contributed by atoms with Crippen LogP contribution in [0.15, 0.2) is 12.2 Å². The summed E-state index contributed by atoms with van der Waals surface area (Å²) in [5.41, 5.74) is 0. The molecule has 6 nitrogen and oxygen atoms in total. The fourth-order valence-corrected chi connectivity index (χ4v) is 1.70. The summed E-state index contributed by atoms with van der Waals surface area (Å²) >= 11 is 0. The molecule has 0 fully saturated rings. The molecule has 122 valence electrons. The zero-order chi connectivity index (χ0) is 16.1. The summed E-state index contributed by atoms with van der Waals surface area (Å²) in [4.78, 5) is 22.5. The van der Waals surface area contributed by atoms with Gasteiger partial charge in [-0.1, -0.05) is 25.5 Å². The third-order valence-electron chi connectivity index (χ3n) is 2.96. The standard InChI is InChI=1S/C15H26O6/c1-2-3-4-5-6-7-8-12(15(19)20)9-14(18)21-11-13(17)10-16/h4-5,12-13,16-17H,2-3,6-11H2,1H3,(H,19,20)/b5-4+. The van der Waals surface area contributed by atoms with E-state index >= 15 is 0 Å². The van der Waals surface area contributed by atoms with E-state index in [-0.39, 0.29) is 13.0 Å². The van der Waals surface area contributed by atoms with Crippen molar-refractivity contribution in [1.29, 1.82) is 0 Å². The van der Waals surface area contributed by atoms with Gasteiger partial charge in [-0.15, -0.1) is 0 Å². The Balaban J connectivity index is 4.01. The average Bonchev–Trinajstić information content (AvgIpc) is 2.46. The van der Waals surface area contributed by atoms with Gasteiger partial charge in [0.15, 0.2) is 0 Å². The number of aliphatic carboxylic acids is 1. The van der Waals surface area contributed by atoms with E-state index in [0.717, 1.165) is 19.3 Å². The first-order valence-electron chi connectivity index (χ1n) is 7.33. The summed E-state index contributed by atoms with van der Waals surface area (Å²) in [6.45, 7) is 1.27. The van der Waals surface area contributed by atoms with E-state index in [1.165, 1.54) is 0 Å². The highest BCUT2D eigenvalue weighted by atomic mass is 16.5. The smallest absolute Gasteiger partial charge is 0.307 e. The quantitative estimate of drug-likeness (QED) is 0.287. The third kappa shape index (κ3) is 11.0. The minimum atomic E-state index is -1.12. The number of carbonyl (C=O) groups is 2. The number of ether oxygens (including phenoxy) is 1. The van der Waals surface area contributed by atoms with Crippen molar-refractivity contribution < 1.29 is 29.6 Å². The minimum absolute atomic E-state index is 0.216. The largest absolute Gasteiger partial charge is 0.481 e. The summed E-state index contributed by atoms with van der Waals surface area (Å²) in [6, 6.07) is 0. The maximum Gasteiger partial charge on any atom is 0.307 e. The van der Waals surface area contributed by atoms with Crippen LogP contribution in [0, 0.1) is 5.92 Å². The molecule has 0 spiro atoms. The van der Waals surface area contributed by atoms with Gasteiger partial charge in [0.05, 0.1) is 18.9 Å². The summed E-state index contributed by atoms with van der Waals surface area (Å²) in [7, 11) is 0. The van der Waals surface area contributed by atoms with Crippen LogP contribution in [0.2, 0.25) is 0 Å². The van der Waals surface area contributed by atoms with Crippen LogP contribution in [0.1, 0.15) is 45.4 Å². The van der Waals surface area contributed by atoms with E-state index in [1.54, 1.807) is 0 Å². The molecule has 0 aliphatic carbocycles. The van der Waals surface area contributed by atoms with Crippen LogP contribution in [0.25, 0.3) is 0 Å². The van der Waals surface area contributed by atoms with Crippen molar-refractivity contribution in [2.45, 2.75) is 51.6 Å². The topological polar surface area (TPSA) is 104 Å². The molecule has 0 aromatic heterocycles. The summed E-state index contributed by atoms with van der Waals surface area (Å²) < 4.78 is 4.71. The molecule has 3 N–H and O–H groups in total. The van der Waals surface area contributed by atoms with E-state index < -0.39 is 30.6 Å². The normalized spacial score (nSPS) is 14.0. The van der Waals surface area contributed by atoms with E-state index in [2.05, 4.69) is 13.0 Å². The van der Waals surface area contributed by atoms with Gasteiger partial charge in [-0.3, -0.25) is 9.59 Å². The average molecular weight is 302 g/mol. The monoisotopic (exact) mass is 302 g/mol. The number of carboxylic acids is 1. The zero-order valence-corrected chi connectivity index (χ0v) is 12.5. The molecule has 0 saturated heterocycles. The van der Waals surface area contributed by atoms with Crippen LogP contribution in [0.3, 0.4) is 0 Å². The van der Waals surface area contributed by atoms with Crippen LogP contribution in [0.4, 0.5) is 0 Å². The minimum Gasteiger partial charge on any atom is -0.481 e. The third-order valence-corrected chi connectivity index (χ3v) is 2.96. The summed E-state index contributed by atoms with van der Waals surface area (Å²) in [6.07, 6.45) is 6.75. The SMILES string of the molecule is CCC/C=C/CCCC(CC(=O)OCC(O)CO)C(=O)O. The van der Waals surface area contributed by atoms with Gasteiger partial charge in [0, 0.05) is 0 Å². The van der Waals surface area contributed by atoms with Gasteiger partial charge in [0.2, 0.25) is 0 Å². The molecular formula is C15H26O6. The molecule has 0 aromatic rings. The molecule has 0 aliphatic rings. The van der Waals surface area contributed by atoms with Crippen molar-refractivity contribution in [3.05, 3.63) is 12.2 Å². The van der Waals surface area contributed by atoms with E-state index in [1.807, 2.05) is 6.08 Å². The number of hydrogen-bond acceptors (Lipinski definition) is 5. The lowest BCUT2D eigenvalue weighted by molar-refractivity contribution is -0.154. The fraction of sp³-hybridized carbons (Fsp3) is 0.733. The highest BCUT2D eigenvalue weighted by molar-refractivity contribution is 5.78. The molecule has 2 unspecified atom stereocenters. The van der Waals surface area contributed by atoms with Crippen molar-refractivity contribution in [2.24, 2.45) is 5.92 Å². The molecule has 6 heteroatoms. The number of unbranched alkanes of at least 4 members (excludes halogenated alkanes) is 2. The van der Waals surface area contributed by atoms with Crippen LogP contribution >= 0.6 is 0 Å². The van der Waals surface area contributed by atoms with Crippen molar-refractivity contribution in [3.8, 4) is 0 Å². The molecule has 0 aliphatic heterocycles. The first kappa shape index (κ1) is 19.6. The number of aliphatic hydroxyl groups excluding tert-OH is 2. The molecule has 0 amide bonds. The van der Waals surface area contributed by atoms with E-state index in [9.17, 15) is 9.59 Å². The molecule has 0 aromatic carbocycles. The second kappa shape index (κ2) is 12.3. The lowest BCUT2D eigenvalue weighted by Crippen LogP contribution is -2.24. The Morgan fingerprint density at radius 1 is 1.24 bits per heavy atom. The molecule has 0 heterocycles. The molecule has 21 heavy (non-hydrogen) atoms. The molecule has 2 atom stereocenters. The molecule has 0 radical (unpaired) electrons. The van der Waals surface area contributed by atoms with Gasteiger partial charge in [0.1, 0.15) is 12.7 Å². The Morgan fingerprint density at radius 3 is 2.48 bits per heavy atom. The van der Waals surface area contributed by atoms with Gasteiger partial charge in [-0.2, -0.15) is 0 Å². The van der Waals surface area contributed by atoms with Gasteiger partial charge in [-0.25, -0.2) is 0 Å². The van der Waals surface area contributed by atoms with Crippen LogP contribution in [-0.2, 0) is 14.3 Å². The number of rotatable bonds is 12. The van der Waals surface area contributed by atoms with Crippen LogP contribution in [0.5, 0.6) is 0 Å². The van der Waals surface area contributed by atoms with Crippen molar-refractivity contribution >= 4 is 11.9 Å². The van der Waals surface area contributed by atoms with Gasteiger partial charge in [0.25, 0.3) is 0 Å². The number of allylic oxidation sites excluding steroid dienone is 2. The van der Waals surface area contributed by atoms with E-state index in [0.29, 0.717) is 12.8 Å². The van der Waals surface area contributed by atoms with Gasteiger partial charge < -0.3 is 20.1 Å². The number of aliphatic hydroxyl groups is 2. The number of hydrogen-bond donors (Lipinski definition) is 3. The Morgan fingerprint density at radius 2 is 1.90 bits per heavy atom. The lowest BCUT2D eigenvalue weighted by Gasteiger charge is -2.12. The molecular weight excluding hydrogens is 276 g/mol. The Kier molecular flexibility index (Phi) is 11.5. The van der Waals surface area contributed by atoms with E-state index in [4.69, 9.17) is 20.1 Å². The highest BCUT2D eigenvalue weighted by Crippen LogP contribution is 2.15. The number of carbonyl (C=O) groups excluding carboxylic acids is 1. The van der Waals surface area contributed by atoms with Crippen molar-refractivity contribution in [1.82, 2.24) is 0 Å².